The number of rotatable bonds is 13. The van der Waals surface area contributed by atoms with E-state index in [-0.39, 0.29) is 0 Å². The standard InChI is InChI=1S/C36H46N4Si2/c1-41(2,3)39(29-31-19-11-7-12-20-31)37-35(33-23-15-9-16-24-33)27-28-36(34-25-17-10-18-26-34)38-40(42(4,5)6)30-32-21-13-8-14-22-32/h7-26H,27-30H2,1-6H3/b37-35-,38-36-. The average molecular weight is 591 g/mol. The molecular formula is C36H46N4Si2. The second-order valence-electron chi connectivity index (χ2n) is 12.8. The molecule has 218 valence electrons. The van der Waals surface area contributed by atoms with Gasteiger partial charge in [0.1, 0.15) is 0 Å². The molecule has 0 aliphatic rings. The van der Waals surface area contributed by atoms with Crippen LogP contribution in [-0.2, 0) is 13.1 Å². The number of hydrogen-bond donors (Lipinski definition) is 0. The summed E-state index contributed by atoms with van der Waals surface area (Å²) in [4.78, 5) is 0. The first-order chi connectivity index (χ1) is 20.1. The van der Waals surface area contributed by atoms with Crippen LogP contribution in [0.2, 0.25) is 39.3 Å². The van der Waals surface area contributed by atoms with E-state index in [0.29, 0.717) is 0 Å². The highest BCUT2D eigenvalue weighted by atomic mass is 28.3. The summed E-state index contributed by atoms with van der Waals surface area (Å²) in [7, 11) is -3.53. The molecule has 4 nitrogen and oxygen atoms in total. The molecule has 0 saturated heterocycles. The fourth-order valence-electron chi connectivity index (χ4n) is 4.65. The van der Waals surface area contributed by atoms with Crippen molar-refractivity contribution in [3.05, 3.63) is 144 Å². The quantitative estimate of drug-likeness (QED) is 0.0883. The Morgan fingerprint density at radius 1 is 0.452 bits per heavy atom. The number of nitrogens with zero attached hydrogens (tertiary/aromatic N) is 4. The molecule has 0 N–H and O–H groups in total. The molecule has 0 spiro atoms. The van der Waals surface area contributed by atoms with Gasteiger partial charge in [0.2, 0.25) is 0 Å². The van der Waals surface area contributed by atoms with Crippen molar-refractivity contribution in [2.24, 2.45) is 10.2 Å². The molecule has 0 amide bonds. The second kappa shape index (κ2) is 14.4. The largest absolute Gasteiger partial charge is 0.320 e. The smallest absolute Gasteiger partial charge is 0.169 e. The average Bonchev–Trinajstić information content (AvgIpc) is 2.98. The van der Waals surface area contributed by atoms with Crippen LogP contribution in [0.5, 0.6) is 0 Å². The van der Waals surface area contributed by atoms with Crippen molar-refractivity contribution in [1.29, 1.82) is 0 Å². The van der Waals surface area contributed by atoms with Crippen LogP contribution in [0.15, 0.2) is 132 Å². The Bertz CT molecular complexity index is 1310. The van der Waals surface area contributed by atoms with Gasteiger partial charge < -0.3 is 9.35 Å². The van der Waals surface area contributed by atoms with E-state index >= 15 is 0 Å². The van der Waals surface area contributed by atoms with Gasteiger partial charge in [-0.05, 0) is 35.1 Å². The summed E-state index contributed by atoms with van der Waals surface area (Å²) in [6.45, 7) is 15.8. The normalized spacial score (nSPS) is 12.7. The molecule has 4 rings (SSSR count). The Labute approximate surface area is 255 Å². The molecule has 0 aliphatic carbocycles. The predicted molar refractivity (Wildman–Crippen MR) is 186 cm³/mol. The third kappa shape index (κ3) is 9.39. The lowest BCUT2D eigenvalue weighted by atomic mass is 10.0. The molecule has 4 aromatic carbocycles. The fourth-order valence-corrected chi connectivity index (χ4v) is 6.81. The monoisotopic (exact) mass is 590 g/mol. The van der Waals surface area contributed by atoms with Gasteiger partial charge in [-0.3, -0.25) is 0 Å². The van der Waals surface area contributed by atoms with Gasteiger partial charge in [-0.2, -0.15) is 10.2 Å². The highest BCUT2D eigenvalue weighted by molar-refractivity contribution is 6.73. The zero-order valence-corrected chi connectivity index (χ0v) is 28.2. The molecule has 0 unspecified atom stereocenters. The molecule has 0 heterocycles. The van der Waals surface area contributed by atoms with Crippen molar-refractivity contribution in [3.63, 3.8) is 0 Å². The van der Waals surface area contributed by atoms with Crippen LogP contribution in [0, 0.1) is 0 Å². The van der Waals surface area contributed by atoms with E-state index in [1.54, 1.807) is 0 Å². The zero-order valence-electron chi connectivity index (χ0n) is 26.2. The lowest BCUT2D eigenvalue weighted by molar-refractivity contribution is 0.441. The first kappa shape index (κ1) is 31.2. The summed E-state index contributed by atoms with van der Waals surface area (Å²) in [6, 6.07) is 42.7. The molecule has 0 saturated carbocycles. The Hall–Kier alpha value is -3.75. The number of benzene rings is 4. The van der Waals surface area contributed by atoms with Gasteiger partial charge in [-0.1, -0.05) is 161 Å². The lowest BCUT2D eigenvalue weighted by Crippen LogP contribution is -2.43. The molecule has 0 aromatic heterocycles. The summed E-state index contributed by atoms with van der Waals surface area (Å²) in [5.41, 5.74) is 7.14. The van der Waals surface area contributed by atoms with E-state index in [4.69, 9.17) is 10.2 Å². The molecule has 42 heavy (non-hydrogen) atoms. The van der Waals surface area contributed by atoms with Crippen molar-refractivity contribution < 1.29 is 0 Å². The van der Waals surface area contributed by atoms with Crippen molar-refractivity contribution in [1.82, 2.24) is 9.35 Å². The topological polar surface area (TPSA) is 31.2 Å². The van der Waals surface area contributed by atoms with Crippen LogP contribution in [0.3, 0.4) is 0 Å². The zero-order chi connectivity index (χ0) is 30.0. The molecule has 4 aromatic rings. The number of hydrogen-bond acceptors (Lipinski definition) is 4. The van der Waals surface area contributed by atoms with Crippen molar-refractivity contribution in [2.75, 3.05) is 0 Å². The van der Waals surface area contributed by atoms with Crippen LogP contribution in [0.1, 0.15) is 35.1 Å². The Balaban J connectivity index is 1.71. The van der Waals surface area contributed by atoms with Crippen LogP contribution >= 0.6 is 0 Å². The molecule has 0 atom stereocenters. The van der Waals surface area contributed by atoms with E-state index < -0.39 is 16.5 Å². The Kier molecular flexibility index (Phi) is 10.7. The maximum atomic E-state index is 5.43. The van der Waals surface area contributed by atoms with E-state index in [2.05, 4.69) is 170 Å². The van der Waals surface area contributed by atoms with Crippen LogP contribution in [0.4, 0.5) is 0 Å². The Morgan fingerprint density at radius 2 is 0.738 bits per heavy atom. The fraction of sp³-hybridized carbons (Fsp3) is 0.278. The molecular weight excluding hydrogens is 545 g/mol. The third-order valence-corrected chi connectivity index (χ3v) is 10.8. The molecule has 0 bridgehead atoms. The maximum Gasteiger partial charge on any atom is 0.169 e. The van der Waals surface area contributed by atoms with Crippen LogP contribution in [0.25, 0.3) is 0 Å². The summed E-state index contributed by atoms with van der Waals surface area (Å²) >= 11 is 0. The van der Waals surface area contributed by atoms with Gasteiger partial charge in [0, 0.05) is 0 Å². The molecule has 0 fully saturated rings. The minimum atomic E-state index is -1.77. The summed E-state index contributed by atoms with van der Waals surface area (Å²) in [5, 5.41) is 10.9. The summed E-state index contributed by atoms with van der Waals surface area (Å²) in [6.07, 6.45) is 1.61. The van der Waals surface area contributed by atoms with E-state index in [9.17, 15) is 0 Å². The van der Waals surface area contributed by atoms with Crippen molar-refractivity contribution in [2.45, 2.75) is 65.2 Å². The molecule has 6 heteroatoms. The van der Waals surface area contributed by atoms with Crippen molar-refractivity contribution in [3.8, 4) is 0 Å². The van der Waals surface area contributed by atoms with E-state index in [1.807, 2.05) is 0 Å². The maximum absolute atomic E-state index is 5.43. The number of hydrazone groups is 2. The van der Waals surface area contributed by atoms with Crippen LogP contribution in [-0.4, -0.2) is 37.2 Å². The molecule has 0 aliphatic heterocycles. The summed E-state index contributed by atoms with van der Waals surface area (Å²) in [5.74, 6) is 0. The summed E-state index contributed by atoms with van der Waals surface area (Å²) < 4.78 is 4.74. The third-order valence-electron chi connectivity index (χ3n) is 7.19. The van der Waals surface area contributed by atoms with E-state index in [1.165, 1.54) is 22.3 Å². The van der Waals surface area contributed by atoms with Gasteiger partial charge in [0.15, 0.2) is 16.5 Å². The van der Waals surface area contributed by atoms with E-state index in [0.717, 1.165) is 37.4 Å². The first-order valence-electron chi connectivity index (χ1n) is 15.0. The SMILES string of the molecule is C[Si](C)(C)N(Cc1ccccc1)/N=C(/CC/C(=N/N(Cc1ccccc1)[Si](C)(C)C)c1ccccc1)c1ccccc1. The van der Waals surface area contributed by atoms with Gasteiger partial charge in [-0.15, -0.1) is 0 Å². The van der Waals surface area contributed by atoms with Gasteiger partial charge >= 0.3 is 0 Å². The van der Waals surface area contributed by atoms with Crippen LogP contribution < -0.4 is 0 Å². The minimum Gasteiger partial charge on any atom is -0.320 e. The highest BCUT2D eigenvalue weighted by Gasteiger charge is 2.26. The predicted octanol–water partition coefficient (Wildman–Crippen LogP) is 9.25. The highest BCUT2D eigenvalue weighted by Crippen LogP contribution is 2.21. The van der Waals surface area contributed by atoms with Gasteiger partial charge in [0.05, 0.1) is 24.5 Å². The Morgan fingerprint density at radius 3 is 1.02 bits per heavy atom. The second-order valence-corrected chi connectivity index (χ2v) is 22.5. The lowest BCUT2D eigenvalue weighted by Gasteiger charge is -2.33. The molecule has 0 radical (unpaired) electrons. The minimum absolute atomic E-state index is 0.804. The van der Waals surface area contributed by atoms with Crippen molar-refractivity contribution >= 4 is 27.9 Å². The first-order valence-corrected chi connectivity index (χ1v) is 21.9. The van der Waals surface area contributed by atoms with Gasteiger partial charge in [-0.25, -0.2) is 0 Å². The van der Waals surface area contributed by atoms with Gasteiger partial charge in [0.25, 0.3) is 0 Å².